The van der Waals surface area contributed by atoms with Crippen LogP contribution in [0.5, 0.6) is 5.75 Å². The second-order valence-electron chi connectivity index (χ2n) is 6.63. The Morgan fingerprint density at radius 3 is 2.65 bits per heavy atom. The van der Waals surface area contributed by atoms with Crippen molar-refractivity contribution >= 4 is 38.3 Å². The third-order valence-electron chi connectivity index (χ3n) is 4.66. The molecule has 0 aliphatic heterocycles. The van der Waals surface area contributed by atoms with Gasteiger partial charge in [0.25, 0.3) is 5.91 Å². The van der Waals surface area contributed by atoms with Crippen molar-refractivity contribution in [3.05, 3.63) is 83.3 Å². The number of rotatable bonds is 6. The highest BCUT2D eigenvalue weighted by Crippen LogP contribution is 2.35. The summed E-state index contributed by atoms with van der Waals surface area (Å²) in [6.07, 6.45) is 3.16. The first kappa shape index (κ1) is 20.9. The van der Waals surface area contributed by atoms with Crippen LogP contribution in [-0.4, -0.2) is 26.4 Å². The number of ether oxygens (including phenoxy) is 1. The van der Waals surface area contributed by atoms with Crippen LogP contribution in [0.15, 0.2) is 81.2 Å². The van der Waals surface area contributed by atoms with Crippen molar-refractivity contribution in [3.63, 3.8) is 0 Å². The summed E-state index contributed by atoms with van der Waals surface area (Å²) in [5, 5.41) is 3.75. The van der Waals surface area contributed by atoms with Crippen molar-refractivity contribution in [2.75, 3.05) is 7.11 Å². The number of halogens is 1. The molecule has 4 aromatic rings. The molecule has 0 radical (unpaired) electrons. The Hall–Kier alpha value is -3.36. The highest BCUT2D eigenvalue weighted by molar-refractivity contribution is 7.91. The van der Waals surface area contributed by atoms with E-state index in [1.807, 2.05) is 0 Å². The van der Waals surface area contributed by atoms with Crippen LogP contribution in [0.3, 0.4) is 0 Å². The van der Waals surface area contributed by atoms with Gasteiger partial charge in [-0.2, -0.15) is 0 Å². The maximum absolute atomic E-state index is 13.0. The number of carbonyl (C=O) groups excluding carboxylic acids is 1. The van der Waals surface area contributed by atoms with Gasteiger partial charge in [-0.1, -0.05) is 29.8 Å². The van der Waals surface area contributed by atoms with Gasteiger partial charge in [-0.15, -0.1) is 0 Å². The number of benzene rings is 2. The number of furan rings is 1. The molecule has 2 aromatic heterocycles. The van der Waals surface area contributed by atoms with Crippen LogP contribution in [0.1, 0.15) is 16.1 Å². The van der Waals surface area contributed by atoms with Crippen LogP contribution in [0, 0.1) is 0 Å². The van der Waals surface area contributed by atoms with E-state index in [1.54, 1.807) is 48.8 Å². The van der Waals surface area contributed by atoms with E-state index < -0.39 is 9.84 Å². The van der Waals surface area contributed by atoms with E-state index >= 15 is 0 Å². The molecule has 0 aliphatic rings. The molecule has 2 aromatic carbocycles. The van der Waals surface area contributed by atoms with Crippen molar-refractivity contribution in [3.8, 4) is 5.75 Å². The summed E-state index contributed by atoms with van der Waals surface area (Å²) in [6, 6.07) is 14.2. The maximum Gasteiger partial charge on any atom is 0.287 e. The van der Waals surface area contributed by atoms with Crippen molar-refractivity contribution in [1.82, 2.24) is 10.3 Å². The molecule has 9 heteroatoms. The lowest BCUT2D eigenvalue weighted by Crippen LogP contribution is -2.22. The number of para-hydroxylation sites is 1. The van der Waals surface area contributed by atoms with Crippen molar-refractivity contribution in [2.45, 2.75) is 16.3 Å². The molecule has 31 heavy (non-hydrogen) atoms. The second-order valence-corrected chi connectivity index (χ2v) is 8.95. The van der Waals surface area contributed by atoms with Gasteiger partial charge in [0, 0.05) is 18.1 Å². The topological polar surface area (TPSA) is 98.5 Å². The lowest BCUT2D eigenvalue weighted by molar-refractivity contribution is 0.0925. The van der Waals surface area contributed by atoms with Gasteiger partial charge in [-0.3, -0.25) is 9.78 Å². The quantitative estimate of drug-likeness (QED) is 0.465. The number of hydrogen-bond acceptors (Lipinski definition) is 6. The van der Waals surface area contributed by atoms with Gasteiger partial charge in [0.1, 0.15) is 4.90 Å². The standard InChI is InChI=1S/C22H17ClN2O5S/c1-29-21-17(23)3-2-4-20(21)31(27,28)16-7-5-14(6-8-16)12-25-22(26)18-11-15-9-10-24-13-19(15)30-18/h2-11,13H,12H2,1H3,(H,25,26). The molecule has 0 atom stereocenters. The molecular formula is C22H17ClN2O5S. The van der Waals surface area contributed by atoms with E-state index in [4.69, 9.17) is 20.8 Å². The monoisotopic (exact) mass is 456 g/mol. The summed E-state index contributed by atoms with van der Waals surface area (Å²) in [6.45, 7) is 0.203. The Morgan fingerprint density at radius 1 is 1.16 bits per heavy atom. The van der Waals surface area contributed by atoms with Crippen molar-refractivity contribution in [2.24, 2.45) is 0 Å². The number of amides is 1. The second kappa shape index (κ2) is 8.41. The minimum Gasteiger partial charge on any atom is -0.494 e. The number of methoxy groups -OCH3 is 1. The third-order valence-corrected chi connectivity index (χ3v) is 6.75. The maximum atomic E-state index is 13.0. The van der Waals surface area contributed by atoms with Crippen molar-refractivity contribution < 1.29 is 22.4 Å². The molecule has 0 fully saturated rings. The number of aromatic nitrogens is 1. The summed E-state index contributed by atoms with van der Waals surface area (Å²) in [5.41, 5.74) is 1.25. The normalized spacial score (nSPS) is 11.4. The van der Waals surface area contributed by atoms with E-state index in [9.17, 15) is 13.2 Å². The van der Waals surface area contributed by atoms with Gasteiger partial charge in [0.05, 0.1) is 23.2 Å². The highest BCUT2D eigenvalue weighted by atomic mass is 35.5. The first-order valence-electron chi connectivity index (χ1n) is 9.18. The lowest BCUT2D eigenvalue weighted by atomic mass is 10.2. The predicted molar refractivity (Wildman–Crippen MR) is 115 cm³/mol. The average molecular weight is 457 g/mol. The Balaban J connectivity index is 1.49. The van der Waals surface area contributed by atoms with Crippen LogP contribution >= 0.6 is 11.6 Å². The van der Waals surface area contributed by atoms with E-state index in [1.165, 1.54) is 25.3 Å². The number of carbonyl (C=O) groups is 1. The SMILES string of the molecule is COc1c(Cl)cccc1S(=O)(=O)c1ccc(CNC(=O)c2cc3ccncc3o2)cc1. The number of sulfone groups is 1. The number of nitrogens with zero attached hydrogens (tertiary/aromatic N) is 1. The van der Waals surface area contributed by atoms with Gasteiger partial charge in [-0.25, -0.2) is 8.42 Å². The smallest absolute Gasteiger partial charge is 0.287 e. The first-order chi connectivity index (χ1) is 14.9. The molecule has 7 nitrogen and oxygen atoms in total. The molecule has 0 aliphatic carbocycles. The molecule has 0 spiro atoms. The van der Waals surface area contributed by atoms with Gasteiger partial charge in [-0.05, 0) is 42.0 Å². The molecule has 158 valence electrons. The average Bonchev–Trinajstić information content (AvgIpc) is 3.22. The molecule has 0 saturated carbocycles. The number of pyridine rings is 1. The summed E-state index contributed by atoms with van der Waals surface area (Å²) < 4.78 is 36.6. The van der Waals surface area contributed by atoms with Gasteiger partial charge in [0.2, 0.25) is 9.84 Å². The van der Waals surface area contributed by atoms with Gasteiger partial charge in [0.15, 0.2) is 17.1 Å². The fourth-order valence-corrected chi connectivity index (χ4v) is 4.83. The summed E-state index contributed by atoms with van der Waals surface area (Å²) >= 11 is 6.05. The van der Waals surface area contributed by atoms with Crippen LogP contribution in [0.25, 0.3) is 11.0 Å². The van der Waals surface area contributed by atoms with Crippen LogP contribution in [0.2, 0.25) is 5.02 Å². The Bertz CT molecular complexity index is 1330. The zero-order valence-electron chi connectivity index (χ0n) is 16.3. The fourth-order valence-electron chi connectivity index (χ4n) is 3.08. The largest absolute Gasteiger partial charge is 0.494 e. The molecule has 0 bridgehead atoms. The highest BCUT2D eigenvalue weighted by Gasteiger charge is 2.23. The molecule has 2 heterocycles. The van der Waals surface area contributed by atoms with Crippen LogP contribution in [0.4, 0.5) is 0 Å². The molecule has 0 unspecified atom stereocenters. The van der Waals surface area contributed by atoms with Crippen LogP contribution in [-0.2, 0) is 16.4 Å². The van der Waals surface area contributed by atoms with E-state index in [2.05, 4.69) is 10.3 Å². The van der Waals surface area contributed by atoms with Crippen LogP contribution < -0.4 is 10.1 Å². The first-order valence-corrected chi connectivity index (χ1v) is 11.0. The Labute approximate surface area is 183 Å². The van der Waals surface area contributed by atoms with Crippen molar-refractivity contribution in [1.29, 1.82) is 0 Å². The van der Waals surface area contributed by atoms with E-state index in [0.29, 0.717) is 5.58 Å². The zero-order chi connectivity index (χ0) is 22.0. The minimum atomic E-state index is -3.83. The Kier molecular flexibility index (Phi) is 5.67. The molecule has 0 saturated heterocycles. The van der Waals surface area contributed by atoms with E-state index in [0.717, 1.165) is 10.9 Å². The molecule has 1 N–H and O–H groups in total. The molecule has 4 rings (SSSR count). The zero-order valence-corrected chi connectivity index (χ0v) is 17.9. The Morgan fingerprint density at radius 2 is 1.94 bits per heavy atom. The minimum absolute atomic E-state index is 0.0112. The molecular weight excluding hydrogens is 440 g/mol. The number of nitrogens with one attached hydrogen (secondary N) is 1. The van der Waals surface area contributed by atoms with Gasteiger partial charge < -0.3 is 14.5 Å². The molecule has 1 amide bonds. The van der Waals surface area contributed by atoms with Gasteiger partial charge >= 0.3 is 0 Å². The predicted octanol–water partition coefficient (Wildman–Crippen LogP) is 4.25. The lowest BCUT2D eigenvalue weighted by Gasteiger charge is -2.11. The number of fused-ring (bicyclic) bond motifs is 1. The van der Waals surface area contributed by atoms with E-state index in [-0.39, 0.29) is 38.8 Å². The number of hydrogen-bond donors (Lipinski definition) is 1. The fraction of sp³-hybridized carbons (Fsp3) is 0.0909. The summed E-state index contributed by atoms with van der Waals surface area (Å²) in [5.74, 6) is -0.103. The third kappa shape index (κ3) is 4.12. The summed E-state index contributed by atoms with van der Waals surface area (Å²) in [7, 11) is -2.46. The summed E-state index contributed by atoms with van der Waals surface area (Å²) in [4.78, 5) is 16.4.